The predicted molar refractivity (Wildman–Crippen MR) is 64.2 cm³/mol. The summed E-state index contributed by atoms with van der Waals surface area (Å²) in [6.45, 7) is 7.23. The highest BCUT2D eigenvalue weighted by Gasteiger charge is 2.16. The topological polar surface area (TPSA) is 69.6 Å². The number of nitrogen functional groups attached to an aromatic ring is 1. The Hall–Kier alpha value is -1.36. The van der Waals surface area contributed by atoms with Crippen LogP contribution in [0.25, 0.3) is 11.2 Å². The second kappa shape index (κ2) is 3.59. The Morgan fingerprint density at radius 2 is 2.06 bits per heavy atom. The van der Waals surface area contributed by atoms with Crippen LogP contribution in [0.2, 0.25) is 5.28 Å². The Labute approximate surface area is 98.7 Å². The number of anilines is 1. The molecule has 2 aromatic heterocycles. The van der Waals surface area contributed by atoms with E-state index in [1.165, 1.54) is 0 Å². The van der Waals surface area contributed by atoms with Crippen LogP contribution in [0.4, 0.5) is 5.82 Å². The van der Waals surface area contributed by atoms with E-state index in [1.54, 1.807) is 6.33 Å². The monoisotopic (exact) mass is 239 g/mol. The van der Waals surface area contributed by atoms with Crippen molar-refractivity contribution >= 4 is 28.6 Å². The van der Waals surface area contributed by atoms with Crippen LogP contribution in [0.5, 0.6) is 0 Å². The molecule has 16 heavy (non-hydrogen) atoms. The van der Waals surface area contributed by atoms with Gasteiger partial charge in [-0.3, -0.25) is 0 Å². The van der Waals surface area contributed by atoms with Gasteiger partial charge in [-0.25, -0.2) is 4.98 Å². The summed E-state index contributed by atoms with van der Waals surface area (Å²) in [4.78, 5) is 12.2. The largest absolute Gasteiger partial charge is 0.382 e. The van der Waals surface area contributed by atoms with E-state index in [2.05, 4.69) is 35.7 Å². The molecule has 0 radical (unpaired) electrons. The molecule has 0 fully saturated rings. The first-order chi connectivity index (χ1) is 7.37. The van der Waals surface area contributed by atoms with Gasteiger partial charge in [-0.1, -0.05) is 20.8 Å². The number of hydrogen-bond acceptors (Lipinski definition) is 4. The molecular weight excluding hydrogens is 226 g/mol. The van der Waals surface area contributed by atoms with Crippen LogP contribution in [0.1, 0.15) is 20.8 Å². The smallest absolute Gasteiger partial charge is 0.226 e. The second-order valence-corrected chi connectivity index (χ2v) is 5.32. The van der Waals surface area contributed by atoms with Gasteiger partial charge in [0.25, 0.3) is 0 Å². The zero-order valence-corrected chi connectivity index (χ0v) is 10.3. The van der Waals surface area contributed by atoms with E-state index in [0.717, 1.165) is 6.54 Å². The molecule has 2 heterocycles. The van der Waals surface area contributed by atoms with Gasteiger partial charge >= 0.3 is 0 Å². The van der Waals surface area contributed by atoms with Gasteiger partial charge in [0.2, 0.25) is 5.28 Å². The fourth-order valence-corrected chi connectivity index (χ4v) is 1.74. The van der Waals surface area contributed by atoms with E-state index in [0.29, 0.717) is 17.0 Å². The van der Waals surface area contributed by atoms with Crippen LogP contribution in [-0.2, 0) is 6.54 Å². The Kier molecular flexibility index (Phi) is 2.50. The molecule has 0 aromatic carbocycles. The summed E-state index contributed by atoms with van der Waals surface area (Å²) in [6.07, 6.45) is 1.72. The number of rotatable bonds is 1. The third kappa shape index (κ3) is 2.09. The van der Waals surface area contributed by atoms with Crippen molar-refractivity contribution in [2.75, 3.05) is 5.73 Å². The Morgan fingerprint density at radius 3 is 2.69 bits per heavy atom. The standard InChI is InChI=1S/C10H14ClN5/c1-10(2,3)4-16-5-13-6-7(12)14-9(11)15-8(6)16/h5H,4H2,1-3H3,(H2,12,14,15). The lowest BCUT2D eigenvalue weighted by Gasteiger charge is -2.18. The molecule has 86 valence electrons. The lowest BCUT2D eigenvalue weighted by molar-refractivity contribution is 0.347. The number of fused-ring (bicyclic) bond motifs is 1. The van der Waals surface area contributed by atoms with Gasteiger partial charge in [-0.2, -0.15) is 9.97 Å². The van der Waals surface area contributed by atoms with Crippen molar-refractivity contribution < 1.29 is 0 Å². The van der Waals surface area contributed by atoms with Crippen molar-refractivity contribution in [1.29, 1.82) is 0 Å². The molecule has 2 rings (SSSR count). The molecule has 0 bridgehead atoms. The highest BCUT2D eigenvalue weighted by molar-refractivity contribution is 6.28. The fraction of sp³-hybridized carbons (Fsp3) is 0.500. The Balaban J connectivity index is 2.56. The quantitative estimate of drug-likeness (QED) is 0.774. The van der Waals surface area contributed by atoms with Gasteiger partial charge in [-0.15, -0.1) is 0 Å². The maximum atomic E-state index is 5.78. The first kappa shape index (κ1) is 11.1. The average Bonchev–Trinajstić information content (AvgIpc) is 2.46. The number of nitrogens with zero attached hydrogens (tertiary/aromatic N) is 4. The van der Waals surface area contributed by atoms with Crippen LogP contribution >= 0.6 is 11.6 Å². The number of imidazole rings is 1. The number of hydrogen-bond donors (Lipinski definition) is 1. The van der Waals surface area contributed by atoms with Gasteiger partial charge in [0.1, 0.15) is 5.52 Å². The second-order valence-electron chi connectivity index (χ2n) is 4.98. The number of nitrogens with two attached hydrogens (primary N) is 1. The van der Waals surface area contributed by atoms with Gasteiger partial charge in [0, 0.05) is 6.54 Å². The third-order valence-corrected chi connectivity index (χ3v) is 2.28. The van der Waals surface area contributed by atoms with E-state index in [-0.39, 0.29) is 10.7 Å². The molecule has 0 saturated carbocycles. The van der Waals surface area contributed by atoms with Crippen LogP contribution < -0.4 is 5.73 Å². The maximum Gasteiger partial charge on any atom is 0.226 e. The zero-order chi connectivity index (χ0) is 11.9. The molecule has 2 aromatic rings. The lowest BCUT2D eigenvalue weighted by atomic mass is 9.97. The molecule has 0 saturated heterocycles. The minimum atomic E-state index is 0.139. The molecule has 0 unspecified atom stereocenters. The molecule has 6 heteroatoms. The summed E-state index contributed by atoms with van der Waals surface area (Å²) in [6, 6.07) is 0. The maximum absolute atomic E-state index is 5.78. The van der Waals surface area contributed by atoms with E-state index in [4.69, 9.17) is 17.3 Å². The molecule has 2 N–H and O–H groups in total. The molecule has 0 atom stereocenters. The minimum Gasteiger partial charge on any atom is -0.382 e. The Bertz CT molecular complexity index is 526. The summed E-state index contributed by atoms with van der Waals surface area (Å²) in [5.74, 6) is 0.322. The number of aromatic nitrogens is 4. The number of halogens is 1. The van der Waals surface area contributed by atoms with E-state index in [9.17, 15) is 0 Å². The van der Waals surface area contributed by atoms with E-state index < -0.39 is 0 Å². The van der Waals surface area contributed by atoms with Gasteiger partial charge in [0.05, 0.1) is 6.33 Å². The third-order valence-electron chi connectivity index (χ3n) is 2.11. The van der Waals surface area contributed by atoms with Crippen molar-refractivity contribution in [2.45, 2.75) is 27.3 Å². The highest BCUT2D eigenvalue weighted by Crippen LogP contribution is 2.22. The highest BCUT2D eigenvalue weighted by atomic mass is 35.5. The molecule has 0 aliphatic heterocycles. The minimum absolute atomic E-state index is 0.139. The zero-order valence-electron chi connectivity index (χ0n) is 9.53. The summed E-state index contributed by atoms with van der Waals surface area (Å²) < 4.78 is 1.94. The molecule has 0 amide bonds. The molecule has 0 spiro atoms. The lowest BCUT2D eigenvalue weighted by Crippen LogP contribution is -2.15. The van der Waals surface area contributed by atoms with Crippen molar-refractivity contribution in [2.24, 2.45) is 5.41 Å². The van der Waals surface area contributed by atoms with Crippen molar-refractivity contribution in [3.63, 3.8) is 0 Å². The normalized spacial score (nSPS) is 12.2. The summed E-state index contributed by atoms with van der Waals surface area (Å²) in [5.41, 5.74) is 7.15. The van der Waals surface area contributed by atoms with Crippen LogP contribution in [0.15, 0.2) is 6.33 Å². The first-order valence-electron chi connectivity index (χ1n) is 5.01. The fourth-order valence-electron chi connectivity index (χ4n) is 1.57. The van der Waals surface area contributed by atoms with Crippen LogP contribution in [0, 0.1) is 5.41 Å². The van der Waals surface area contributed by atoms with Gasteiger partial charge < -0.3 is 10.3 Å². The summed E-state index contributed by atoms with van der Waals surface area (Å²) >= 11 is 5.78. The van der Waals surface area contributed by atoms with Crippen LogP contribution in [-0.4, -0.2) is 19.5 Å². The van der Waals surface area contributed by atoms with Gasteiger partial charge in [0.15, 0.2) is 11.5 Å². The Morgan fingerprint density at radius 1 is 1.38 bits per heavy atom. The van der Waals surface area contributed by atoms with Crippen molar-refractivity contribution in [1.82, 2.24) is 19.5 Å². The SMILES string of the molecule is CC(C)(C)Cn1cnc2c(N)nc(Cl)nc21. The van der Waals surface area contributed by atoms with Crippen molar-refractivity contribution in [3.05, 3.63) is 11.6 Å². The average molecular weight is 240 g/mol. The summed E-state index contributed by atoms with van der Waals surface area (Å²) in [7, 11) is 0. The molecular formula is C10H14ClN5. The van der Waals surface area contributed by atoms with E-state index in [1.807, 2.05) is 4.57 Å². The van der Waals surface area contributed by atoms with Crippen molar-refractivity contribution in [3.8, 4) is 0 Å². The molecule has 0 aliphatic carbocycles. The molecule has 5 nitrogen and oxygen atoms in total. The predicted octanol–water partition coefficient (Wildman–Crippen LogP) is 2.11. The summed E-state index contributed by atoms with van der Waals surface area (Å²) in [5, 5.41) is 0.153. The van der Waals surface area contributed by atoms with Gasteiger partial charge in [-0.05, 0) is 17.0 Å². The molecule has 0 aliphatic rings. The van der Waals surface area contributed by atoms with E-state index >= 15 is 0 Å². The van der Waals surface area contributed by atoms with Crippen LogP contribution in [0.3, 0.4) is 0 Å². The first-order valence-corrected chi connectivity index (χ1v) is 5.38.